The maximum atomic E-state index is 14.9. The average molecular weight is 449 g/mol. The topological polar surface area (TPSA) is 85.2 Å². The number of aliphatic hydroxyl groups excluding tert-OH is 2. The molecule has 0 aromatic heterocycles. The standard InChI is InChI=1S/C23H38F2O6/c1-3-4-12-22(24,25)23(30-14-15-31-23)13-11-18-17(19(26)16-20(18)27)9-7-5-6-8-10-21(28)29-2/h5,7,17-20,26-27H,3-4,6,8-16H2,1-2H3/t17?,18-,19?,20-/m1/s1. The third-order valence-electron chi connectivity index (χ3n) is 6.54. The third kappa shape index (κ3) is 6.94. The van der Waals surface area contributed by atoms with E-state index in [4.69, 9.17) is 9.47 Å². The monoisotopic (exact) mass is 448 g/mol. The Bertz CT molecular complexity index is 576. The highest BCUT2D eigenvalue weighted by atomic mass is 19.3. The number of unbranched alkanes of at least 4 members (excludes halogenated alkanes) is 2. The third-order valence-corrected chi connectivity index (χ3v) is 6.54. The molecule has 180 valence electrons. The maximum Gasteiger partial charge on any atom is 0.305 e. The van der Waals surface area contributed by atoms with Crippen LogP contribution in [0.3, 0.4) is 0 Å². The second-order valence-electron chi connectivity index (χ2n) is 8.67. The number of methoxy groups -OCH3 is 1. The molecule has 0 amide bonds. The molecule has 0 aromatic rings. The van der Waals surface area contributed by atoms with Crippen molar-refractivity contribution < 1.29 is 38.0 Å². The van der Waals surface area contributed by atoms with Crippen molar-refractivity contribution in [1.29, 1.82) is 0 Å². The van der Waals surface area contributed by atoms with Gasteiger partial charge in [0.25, 0.3) is 0 Å². The molecule has 2 rings (SSSR count). The lowest BCUT2D eigenvalue weighted by Gasteiger charge is -2.36. The Balaban J connectivity index is 1.93. The number of halogens is 2. The van der Waals surface area contributed by atoms with E-state index in [1.54, 1.807) is 0 Å². The molecule has 1 heterocycles. The zero-order valence-corrected chi connectivity index (χ0v) is 18.7. The van der Waals surface area contributed by atoms with E-state index in [9.17, 15) is 23.8 Å². The number of allylic oxidation sites excluding steroid dienone is 2. The summed E-state index contributed by atoms with van der Waals surface area (Å²) in [6.07, 6.45) is 6.00. The molecule has 0 spiro atoms. The van der Waals surface area contributed by atoms with Crippen LogP contribution in [-0.2, 0) is 19.0 Å². The Morgan fingerprint density at radius 3 is 2.48 bits per heavy atom. The van der Waals surface area contributed by atoms with Gasteiger partial charge in [0.05, 0.1) is 32.5 Å². The molecule has 31 heavy (non-hydrogen) atoms. The molecule has 0 aromatic carbocycles. The molecular weight excluding hydrogens is 410 g/mol. The van der Waals surface area contributed by atoms with Crippen molar-refractivity contribution in [2.45, 2.75) is 95.0 Å². The molecule has 2 N–H and O–H groups in total. The number of aliphatic hydroxyl groups is 2. The zero-order valence-electron chi connectivity index (χ0n) is 18.7. The van der Waals surface area contributed by atoms with Crippen molar-refractivity contribution in [2.75, 3.05) is 20.3 Å². The van der Waals surface area contributed by atoms with E-state index in [0.717, 1.165) is 0 Å². The van der Waals surface area contributed by atoms with E-state index >= 15 is 0 Å². The summed E-state index contributed by atoms with van der Waals surface area (Å²) < 4.78 is 45.3. The summed E-state index contributed by atoms with van der Waals surface area (Å²) in [5, 5.41) is 20.9. The summed E-state index contributed by atoms with van der Waals surface area (Å²) in [5.74, 6) is -5.81. The van der Waals surface area contributed by atoms with E-state index in [2.05, 4.69) is 4.74 Å². The number of hydrogen-bond acceptors (Lipinski definition) is 6. The highest BCUT2D eigenvalue weighted by Gasteiger charge is 2.58. The lowest BCUT2D eigenvalue weighted by Crippen LogP contribution is -2.49. The minimum Gasteiger partial charge on any atom is -0.469 e. The molecule has 8 heteroatoms. The Morgan fingerprint density at radius 1 is 1.16 bits per heavy atom. The second kappa shape index (κ2) is 12.2. The normalized spacial score (nSPS) is 28.5. The lowest BCUT2D eigenvalue weighted by atomic mass is 9.84. The molecule has 1 saturated heterocycles. The Kier molecular flexibility index (Phi) is 10.3. The van der Waals surface area contributed by atoms with E-state index in [1.165, 1.54) is 7.11 Å². The minimum atomic E-state index is -3.10. The Labute approximate surface area is 183 Å². The van der Waals surface area contributed by atoms with Crippen LogP contribution in [0.2, 0.25) is 0 Å². The highest BCUT2D eigenvalue weighted by Crippen LogP contribution is 2.46. The molecule has 0 bridgehead atoms. The minimum absolute atomic E-state index is 0.0164. The predicted octanol–water partition coefficient (Wildman–Crippen LogP) is 3.98. The Morgan fingerprint density at radius 2 is 1.84 bits per heavy atom. The van der Waals surface area contributed by atoms with Crippen LogP contribution in [0, 0.1) is 11.8 Å². The number of carbonyl (C=O) groups is 1. The van der Waals surface area contributed by atoms with Gasteiger partial charge in [0.15, 0.2) is 0 Å². The summed E-state index contributed by atoms with van der Waals surface area (Å²) in [5.41, 5.74) is 0. The van der Waals surface area contributed by atoms with E-state index in [-0.39, 0.29) is 50.3 Å². The summed E-state index contributed by atoms with van der Waals surface area (Å²) in [4.78, 5) is 11.1. The van der Waals surface area contributed by atoms with Crippen LogP contribution >= 0.6 is 0 Å². The van der Waals surface area contributed by atoms with Crippen LogP contribution in [0.5, 0.6) is 0 Å². The predicted molar refractivity (Wildman–Crippen MR) is 112 cm³/mol. The van der Waals surface area contributed by atoms with Gasteiger partial charge in [0.2, 0.25) is 5.79 Å². The van der Waals surface area contributed by atoms with Gasteiger partial charge in [0.1, 0.15) is 0 Å². The van der Waals surface area contributed by atoms with Gasteiger partial charge in [-0.1, -0.05) is 25.5 Å². The van der Waals surface area contributed by atoms with Crippen LogP contribution in [0.1, 0.15) is 71.1 Å². The number of hydrogen-bond donors (Lipinski definition) is 2. The summed E-state index contributed by atoms with van der Waals surface area (Å²) in [6.45, 7) is 2.13. The molecule has 1 saturated carbocycles. The fraction of sp³-hybridized carbons (Fsp3) is 0.870. The molecule has 1 aliphatic carbocycles. The van der Waals surface area contributed by atoms with Crippen LogP contribution in [0.25, 0.3) is 0 Å². The summed E-state index contributed by atoms with van der Waals surface area (Å²) >= 11 is 0. The van der Waals surface area contributed by atoms with Crippen molar-refractivity contribution in [2.24, 2.45) is 11.8 Å². The fourth-order valence-electron chi connectivity index (χ4n) is 4.68. The average Bonchev–Trinajstić information content (AvgIpc) is 3.33. The van der Waals surface area contributed by atoms with Gasteiger partial charge in [0, 0.05) is 19.3 Å². The first-order valence-corrected chi connectivity index (χ1v) is 11.5. The molecule has 2 fully saturated rings. The van der Waals surface area contributed by atoms with Crippen molar-refractivity contribution in [3.05, 3.63) is 12.2 Å². The van der Waals surface area contributed by atoms with Gasteiger partial charge in [-0.25, -0.2) is 8.78 Å². The van der Waals surface area contributed by atoms with E-state index in [1.807, 2.05) is 19.1 Å². The lowest BCUT2D eigenvalue weighted by molar-refractivity contribution is -0.297. The highest BCUT2D eigenvalue weighted by molar-refractivity contribution is 5.69. The molecule has 2 unspecified atom stereocenters. The van der Waals surface area contributed by atoms with Crippen molar-refractivity contribution in [3.8, 4) is 0 Å². The Hall–Kier alpha value is -1.09. The van der Waals surface area contributed by atoms with Crippen LogP contribution < -0.4 is 0 Å². The van der Waals surface area contributed by atoms with Crippen LogP contribution in [-0.4, -0.2) is 60.4 Å². The fourth-order valence-corrected chi connectivity index (χ4v) is 4.68. The van der Waals surface area contributed by atoms with E-state index < -0.39 is 23.9 Å². The van der Waals surface area contributed by atoms with Gasteiger partial charge in [-0.3, -0.25) is 4.79 Å². The summed E-state index contributed by atoms with van der Waals surface area (Å²) in [6, 6.07) is 0. The van der Waals surface area contributed by atoms with Gasteiger partial charge in [-0.15, -0.1) is 0 Å². The number of ether oxygens (including phenoxy) is 3. The SMILES string of the molecule is CCCCC(F)(F)C1(CC[C@@H]2C(CC=CCCCC(=O)OC)C(O)C[C@H]2O)OCCO1. The molecular formula is C23H38F2O6. The van der Waals surface area contributed by atoms with Crippen LogP contribution in [0.15, 0.2) is 12.2 Å². The molecule has 6 nitrogen and oxygen atoms in total. The first-order valence-electron chi connectivity index (χ1n) is 11.5. The number of alkyl halides is 2. The largest absolute Gasteiger partial charge is 0.469 e. The second-order valence-corrected chi connectivity index (χ2v) is 8.67. The maximum absolute atomic E-state index is 14.9. The molecule has 2 aliphatic rings. The van der Waals surface area contributed by atoms with Gasteiger partial charge in [-0.05, 0) is 50.4 Å². The number of rotatable bonds is 13. The zero-order chi connectivity index (χ0) is 22.9. The number of esters is 1. The molecule has 0 radical (unpaired) electrons. The smallest absolute Gasteiger partial charge is 0.305 e. The molecule has 4 atom stereocenters. The summed E-state index contributed by atoms with van der Waals surface area (Å²) in [7, 11) is 1.36. The van der Waals surface area contributed by atoms with E-state index in [0.29, 0.717) is 44.9 Å². The van der Waals surface area contributed by atoms with Crippen molar-refractivity contribution in [1.82, 2.24) is 0 Å². The van der Waals surface area contributed by atoms with Gasteiger partial charge in [-0.2, -0.15) is 0 Å². The first kappa shape index (κ1) is 26.2. The van der Waals surface area contributed by atoms with Gasteiger partial charge < -0.3 is 24.4 Å². The quantitative estimate of drug-likeness (QED) is 0.252. The van der Waals surface area contributed by atoms with Crippen LogP contribution in [0.4, 0.5) is 8.78 Å². The number of carbonyl (C=O) groups excluding carboxylic acids is 1. The molecule has 1 aliphatic heterocycles. The first-order chi connectivity index (χ1) is 14.8. The van der Waals surface area contributed by atoms with Crippen molar-refractivity contribution >= 4 is 5.97 Å². The van der Waals surface area contributed by atoms with Gasteiger partial charge >= 0.3 is 11.9 Å². The van der Waals surface area contributed by atoms with Crippen molar-refractivity contribution in [3.63, 3.8) is 0 Å².